The van der Waals surface area contributed by atoms with Gasteiger partial charge < -0.3 is 10.6 Å². The van der Waals surface area contributed by atoms with Gasteiger partial charge in [0.1, 0.15) is 6.04 Å². The maximum atomic E-state index is 13.6. The van der Waals surface area contributed by atoms with E-state index in [0.29, 0.717) is 6.42 Å². The van der Waals surface area contributed by atoms with Crippen LogP contribution in [0, 0.1) is 11.6 Å². The molecule has 0 radical (unpaired) electrons. The Bertz CT molecular complexity index is 1030. The third-order valence-corrected chi connectivity index (χ3v) is 6.06. The Morgan fingerprint density at radius 3 is 2.20 bits per heavy atom. The van der Waals surface area contributed by atoms with Gasteiger partial charge in [0.25, 0.3) is 5.91 Å². The second kappa shape index (κ2) is 9.77. The van der Waals surface area contributed by atoms with E-state index in [1.165, 1.54) is 37.4 Å². The lowest BCUT2D eigenvalue weighted by Crippen LogP contribution is -2.39. The Morgan fingerprint density at radius 1 is 1.03 bits per heavy atom. The van der Waals surface area contributed by atoms with E-state index < -0.39 is 39.5 Å². The van der Waals surface area contributed by atoms with E-state index >= 15 is 0 Å². The summed E-state index contributed by atoms with van der Waals surface area (Å²) in [7, 11) is -2.39. The molecular formula is C20H23F2N3O4S. The number of carbonyl (C=O) groups is 2. The fourth-order valence-corrected chi connectivity index (χ4v) is 3.88. The number of halogens is 2. The molecule has 0 saturated heterocycles. The van der Waals surface area contributed by atoms with Gasteiger partial charge in [0.2, 0.25) is 15.9 Å². The van der Waals surface area contributed by atoms with Crippen LogP contribution >= 0.6 is 0 Å². The first-order valence-electron chi connectivity index (χ1n) is 9.18. The first-order valence-corrected chi connectivity index (χ1v) is 10.7. The van der Waals surface area contributed by atoms with Crippen LogP contribution in [0.5, 0.6) is 0 Å². The van der Waals surface area contributed by atoms with Crippen molar-refractivity contribution in [3.05, 3.63) is 65.2 Å². The molecule has 7 nitrogen and oxygen atoms in total. The normalized spacial score (nSPS) is 13.4. The van der Waals surface area contributed by atoms with Crippen molar-refractivity contribution < 1.29 is 26.8 Å². The molecule has 3 N–H and O–H groups in total. The van der Waals surface area contributed by atoms with Gasteiger partial charge in [0.15, 0.2) is 11.6 Å². The summed E-state index contributed by atoms with van der Waals surface area (Å²) in [6.45, 7) is 3.58. The predicted molar refractivity (Wildman–Crippen MR) is 107 cm³/mol. The average molecular weight is 439 g/mol. The first kappa shape index (κ1) is 23.4. The molecule has 0 saturated carbocycles. The molecule has 2 amide bonds. The Kier molecular flexibility index (Phi) is 7.63. The fourth-order valence-electron chi connectivity index (χ4n) is 2.55. The topological polar surface area (TPSA) is 104 Å². The molecule has 0 fully saturated rings. The largest absolute Gasteiger partial charge is 0.357 e. The van der Waals surface area contributed by atoms with Crippen LogP contribution in [0.4, 0.5) is 8.78 Å². The quantitative estimate of drug-likeness (QED) is 0.587. The van der Waals surface area contributed by atoms with Gasteiger partial charge in [-0.2, -0.15) is 0 Å². The van der Waals surface area contributed by atoms with Crippen molar-refractivity contribution in [2.24, 2.45) is 0 Å². The number of hydrogen-bond acceptors (Lipinski definition) is 4. The smallest absolute Gasteiger partial charge is 0.252 e. The molecule has 162 valence electrons. The maximum Gasteiger partial charge on any atom is 0.252 e. The highest BCUT2D eigenvalue weighted by Gasteiger charge is 2.24. The molecule has 0 aliphatic carbocycles. The minimum atomic E-state index is -3.73. The van der Waals surface area contributed by atoms with Gasteiger partial charge in [-0.3, -0.25) is 9.59 Å². The summed E-state index contributed by atoms with van der Waals surface area (Å²) in [5.41, 5.74) is 0.146. The molecule has 0 aliphatic rings. The van der Waals surface area contributed by atoms with Crippen LogP contribution < -0.4 is 15.4 Å². The van der Waals surface area contributed by atoms with E-state index in [2.05, 4.69) is 15.4 Å². The number of hydrogen-bond donors (Lipinski definition) is 3. The maximum absolute atomic E-state index is 13.6. The molecule has 2 unspecified atom stereocenters. The molecule has 0 aromatic heterocycles. The third kappa shape index (κ3) is 5.61. The van der Waals surface area contributed by atoms with E-state index in [-0.39, 0.29) is 22.1 Å². The Morgan fingerprint density at radius 2 is 1.67 bits per heavy atom. The lowest BCUT2D eigenvalue weighted by Gasteiger charge is -2.18. The van der Waals surface area contributed by atoms with Crippen molar-refractivity contribution in [2.75, 3.05) is 7.05 Å². The Labute approximate surface area is 173 Å². The molecule has 0 spiro atoms. The first-order chi connectivity index (χ1) is 14.1. The highest BCUT2D eigenvalue weighted by Crippen LogP contribution is 2.18. The summed E-state index contributed by atoms with van der Waals surface area (Å²) < 4.78 is 53.9. The molecular weight excluding hydrogens is 416 g/mol. The number of sulfonamides is 1. The van der Waals surface area contributed by atoms with Crippen molar-refractivity contribution in [1.82, 2.24) is 15.4 Å². The molecule has 0 aliphatic heterocycles. The second-order valence-corrected chi connectivity index (χ2v) is 8.36. The zero-order chi connectivity index (χ0) is 22.5. The van der Waals surface area contributed by atoms with Crippen molar-refractivity contribution in [2.45, 2.75) is 37.2 Å². The van der Waals surface area contributed by atoms with E-state index in [9.17, 15) is 26.8 Å². The van der Waals surface area contributed by atoms with Crippen molar-refractivity contribution in [1.29, 1.82) is 0 Å². The zero-order valence-corrected chi connectivity index (χ0v) is 17.5. The number of carbonyl (C=O) groups excluding carboxylic acids is 2. The number of likely N-dealkylation sites (N-methyl/N-ethyl adjacent to an activating group) is 1. The molecule has 2 aromatic carbocycles. The van der Waals surface area contributed by atoms with Gasteiger partial charge in [-0.05, 0) is 55.3 Å². The number of benzene rings is 2. The summed E-state index contributed by atoms with van der Waals surface area (Å²) >= 11 is 0. The number of rotatable bonds is 8. The van der Waals surface area contributed by atoms with Crippen molar-refractivity contribution in [3.8, 4) is 0 Å². The monoisotopic (exact) mass is 439 g/mol. The van der Waals surface area contributed by atoms with Crippen LogP contribution in [-0.4, -0.2) is 33.3 Å². The highest BCUT2D eigenvalue weighted by atomic mass is 32.2. The van der Waals surface area contributed by atoms with E-state index in [1.54, 1.807) is 6.92 Å². The van der Waals surface area contributed by atoms with Crippen molar-refractivity contribution >= 4 is 21.8 Å². The van der Waals surface area contributed by atoms with Crippen LogP contribution in [0.25, 0.3) is 0 Å². The fraction of sp³-hybridized carbons (Fsp3) is 0.300. The SMILES string of the molecule is CCC(C)NS(=O)(=O)c1ccc(C(=O)NC(C(=O)NC)c2ccc(F)c(F)c2)cc1. The molecule has 10 heteroatoms. The van der Waals surface area contributed by atoms with Crippen LogP contribution in [0.3, 0.4) is 0 Å². The second-order valence-electron chi connectivity index (χ2n) is 6.65. The summed E-state index contributed by atoms with van der Waals surface area (Å²) in [6, 6.07) is 6.49. The molecule has 2 aromatic rings. The van der Waals surface area contributed by atoms with Gasteiger partial charge in [-0.1, -0.05) is 13.0 Å². The highest BCUT2D eigenvalue weighted by molar-refractivity contribution is 7.89. The van der Waals surface area contributed by atoms with Gasteiger partial charge in [0.05, 0.1) is 4.90 Å². The summed E-state index contributed by atoms with van der Waals surface area (Å²) in [6.07, 6.45) is 0.616. The third-order valence-electron chi connectivity index (χ3n) is 4.46. The minimum absolute atomic E-state index is 0.0113. The molecule has 2 atom stereocenters. The lowest BCUT2D eigenvalue weighted by atomic mass is 10.0. The van der Waals surface area contributed by atoms with E-state index in [0.717, 1.165) is 12.1 Å². The van der Waals surface area contributed by atoms with Crippen LogP contribution in [0.2, 0.25) is 0 Å². The van der Waals surface area contributed by atoms with E-state index in [4.69, 9.17) is 0 Å². The standard InChI is InChI=1S/C20H23F2N3O4S/c1-4-12(2)25-30(28,29)15-8-5-13(6-9-15)19(26)24-18(20(27)23-3)14-7-10-16(21)17(22)11-14/h5-12,18,25H,4H2,1-3H3,(H,23,27)(H,24,26). The van der Waals surface area contributed by atoms with Gasteiger partial charge in [-0.15, -0.1) is 0 Å². The molecule has 0 heterocycles. The van der Waals surface area contributed by atoms with Crippen molar-refractivity contribution in [3.63, 3.8) is 0 Å². The summed E-state index contributed by atoms with van der Waals surface area (Å²) in [4.78, 5) is 24.7. The Hall–Kier alpha value is -2.85. The number of nitrogens with one attached hydrogen (secondary N) is 3. The molecule has 30 heavy (non-hydrogen) atoms. The lowest BCUT2D eigenvalue weighted by molar-refractivity contribution is -0.122. The minimum Gasteiger partial charge on any atom is -0.357 e. The van der Waals surface area contributed by atoms with Crippen LogP contribution in [0.15, 0.2) is 47.4 Å². The molecule has 0 bridgehead atoms. The molecule has 2 rings (SSSR count). The van der Waals surface area contributed by atoms with E-state index in [1.807, 2.05) is 6.92 Å². The van der Waals surface area contributed by atoms with Gasteiger partial charge in [-0.25, -0.2) is 21.9 Å². The summed E-state index contributed by atoms with van der Waals surface area (Å²) in [5, 5.41) is 4.79. The van der Waals surface area contributed by atoms with Crippen LogP contribution in [-0.2, 0) is 14.8 Å². The van der Waals surface area contributed by atoms with Crippen LogP contribution in [0.1, 0.15) is 42.2 Å². The average Bonchev–Trinajstić information content (AvgIpc) is 2.73. The van der Waals surface area contributed by atoms with Gasteiger partial charge in [0, 0.05) is 18.7 Å². The van der Waals surface area contributed by atoms with Gasteiger partial charge >= 0.3 is 0 Å². The number of amides is 2. The predicted octanol–water partition coefficient (Wildman–Crippen LogP) is 2.26. The summed E-state index contributed by atoms with van der Waals surface area (Å²) in [5.74, 6) is -3.55. The zero-order valence-electron chi connectivity index (χ0n) is 16.7. The Balaban J connectivity index is 2.23.